The van der Waals surface area contributed by atoms with E-state index in [0.717, 1.165) is 11.8 Å². The van der Waals surface area contributed by atoms with E-state index in [1.165, 1.54) is 0 Å². The average Bonchev–Trinajstić information content (AvgIpc) is 2.64. The summed E-state index contributed by atoms with van der Waals surface area (Å²) in [6.07, 6.45) is 0.234. The molecule has 0 bridgehead atoms. The Morgan fingerprint density at radius 2 is 2.31 bits per heavy atom. The molecule has 2 amide bonds. The van der Waals surface area contributed by atoms with Gasteiger partial charge in [-0.25, -0.2) is 0 Å². The molecule has 5 nitrogen and oxygen atoms in total. The van der Waals surface area contributed by atoms with Crippen LogP contribution in [0.1, 0.15) is 20.3 Å². The molecule has 16 heavy (non-hydrogen) atoms. The fourth-order valence-corrected chi connectivity index (χ4v) is 2.72. The van der Waals surface area contributed by atoms with E-state index >= 15 is 0 Å². The molecule has 1 saturated heterocycles. The van der Waals surface area contributed by atoms with Gasteiger partial charge in [-0.15, -0.1) is 0 Å². The van der Waals surface area contributed by atoms with Gasteiger partial charge in [0.15, 0.2) is 0 Å². The lowest BCUT2D eigenvalue weighted by Gasteiger charge is -2.49. The molecular weight excluding hydrogens is 228 g/mol. The zero-order valence-corrected chi connectivity index (χ0v) is 10.1. The summed E-state index contributed by atoms with van der Waals surface area (Å²) in [5.74, 6) is 0.337. The third-order valence-corrected chi connectivity index (χ3v) is 4.40. The summed E-state index contributed by atoms with van der Waals surface area (Å²) in [7, 11) is 0. The second-order valence-electron chi connectivity index (χ2n) is 4.93. The normalized spacial score (nSPS) is 36.4. The Hall–Kier alpha value is -0.750. The molecule has 1 heterocycles. The zero-order chi connectivity index (χ0) is 11.9. The SMILES string of the molecule is CC1(C)C(O)CC1NC(=O)C1CSC(=O)N1. The molecule has 1 aliphatic heterocycles. The number of hydrogen-bond donors (Lipinski definition) is 3. The van der Waals surface area contributed by atoms with E-state index < -0.39 is 6.04 Å². The summed E-state index contributed by atoms with van der Waals surface area (Å²) in [5.41, 5.74) is -0.272. The van der Waals surface area contributed by atoms with Gasteiger partial charge in [0.05, 0.1) is 6.10 Å². The number of thioether (sulfide) groups is 1. The quantitative estimate of drug-likeness (QED) is 0.643. The van der Waals surface area contributed by atoms with Gasteiger partial charge in [-0.1, -0.05) is 25.6 Å². The van der Waals surface area contributed by atoms with Crippen molar-refractivity contribution < 1.29 is 14.7 Å². The van der Waals surface area contributed by atoms with Crippen LogP contribution in [0.4, 0.5) is 4.79 Å². The van der Waals surface area contributed by atoms with Crippen LogP contribution in [0.3, 0.4) is 0 Å². The molecule has 2 fully saturated rings. The highest BCUT2D eigenvalue weighted by Crippen LogP contribution is 2.40. The maximum absolute atomic E-state index is 11.8. The van der Waals surface area contributed by atoms with Gasteiger partial charge in [0.2, 0.25) is 5.91 Å². The van der Waals surface area contributed by atoms with Crippen molar-refractivity contribution in [3.05, 3.63) is 0 Å². The highest BCUT2D eigenvalue weighted by molar-refractivity contribution is 8.14. The van der Waals surface area contributed by atoms with Crippen LogP contribution in [0, 0.1) is 5.41 Å². The molecule has 0 aromatic heterocycles. The molecule has 2 aliphatic rings. The Bertz CT molecular complexity index is 332. The number of aliphatic hydroxyl groups excluding tert-OH is 1. The molecule has 3 unspecified atom stereocenters. The Morgan fingerprint density at radius 3 is 2.75 bits per heavy atom. The standard InChI is InChI=1S/C10H16N2O3S/c1-10(2)6(3-7(10)13)12-8(14)5-4-16-9(15)11-5/h5-7,13H,3-4H2,1-2H3,(H,11,15)(H,12,14). The van der Waals surface area contributed by atoms with Crippen molar-refractivity contribution in [1.82, 2.24) is 10.6 Å². The minimum absolute atomic E-state index is 0.00231. The Labute approximate surface area is 98.4 Å². The van der Waals surface area contributed by atoms with Crippen molar-refractivity contribution in [3.8, 4) is 0 Å². The van der Waals surface area contributed by atoms with Gasteiger partial charge < -0.3 is 15.7 Å². The fourth-order valence-electron chi connectivity index (χ4n) is 1.95. The third kappa shape index (κ3) is 1.91. The van der Waals surface area contributed by atoms with Gasteiger partial charge in [-0.2, -0.15) is 0 Å². The molecule has 2 rings (SSSR count). The lowest BCUT2D eigenvalue weighted by atomic mass is 9.64. The van der Waals surface area contributed by atoms with Crippen LogP contribution in [0.15, 0.2) is 0 Å². The van der Waals surface area contributed by atoms with Crippen molar-refractivity contribution >= 4 is 22.9 Å². The van der Waals surface area contributed by atoms with Gasteiger partial charge in [0.25, 0.3) is 5.24 Å². The van der Waals surface area contributed by atoms with Crippen molar-refractivity contribution in [2.45, 2.75) is 38.5 Å². The maximum Gasteiger partial charge on any atom is 0.279 e. The lowest BCUT2D eigenvalue weighted by molar-refractivity contribution is -0.130. The number of aliphatic hydroxyl groups is 1. The van der Waals surface area contributed by atoms with Gasteiger partial charge in [-0.3, -0.25) is 9.59 Å². The summed E-state index contributed by atoms with van der Waals surface area (Å²) in [4.78, 5) is 22.7. The Balaban J connectivity index is 1.87. The largest absolute Gasteiger partial charge is 0.392 e. The molecule has 3 atom stereocenters. The Kier molecular flexibility index (Phi) is 2.88. The first-order chi connectivity index (χ1) is 7.41. The summed E-state index contributed by atoms with van der Waals surface area (Å²) in [5, 5.41) is 14.9. The monoisotopic (exact) mass is 244 g/mol. The van der Waals surface area contributed by atoms with Crippen LogP contribution in [0.2, 0.25) is 0 Å². The molecule has 3 N–H and O–H groups in total. The van der Waals surface area contributed by atoms with E-state index in [1.54, 1.807) is 0 Å². The minimum Gasteiger partial charge on any atom is -0.392 e. The van der Waals surface area contributed by atoms with Crippen LogP contribution < -0.4 is 10.6 Å². The van der Waals surface area contributed by atoms with Gasteiger partial charge in [-0.05, 0) is 6.42 Å². The Morgan fingerprint density at radius 1 is 1.62 bits per heavy atom. The minimum atomic E-state index is -0.425. The molecule has 1 saturated carbocycles. The molecule has 0 aromatic rings. The van der Waals surface area contributed by atoms with Crippen LogP contribution in [0.5, 0.6) is 0 Å². The van der Waals surface area contributed by atoms with Crippen molar-refractivity contribution in [2.24, 2.45) is 5.41 Å². The second-order valence-corrected chi connectivity index (χ2v) is 5.92. The molecule has 0 aromatic carbocycles. The van der Waals surface area contributed by atoms with Crippen molar-refractivity contribution in [1.29, 1.82) is 0 Å². The highest BCUT2D eigenvalue weighted by Gasteiger charge is 2.48. The van der Waals surface area contributed by atoms with Crippen LogP contribution in [0.25, 0.3) is 0 Å². The smallest absolute Gasteiger partial charge is 0.279 e. The third-order valence-electron chi connectivity index (χ3n) is 3.52. The first-order valence-electron chi connectivity index (χ1n) is 5.33. The highest BCUT2D eigenvalue weighted by atomic mass is 32.2. The zero-order valence-electron chi connectivity index (χ0n) is 9.32. The van der Waals surface area contributed by atoms with Crippen molar-refractivity contribution in [3.63, 3.8) is 0 Å². The lowest BCUT2D eigenvalue weighted by Crippen LogP contribution is -2.63. The first kappa shape index (κ1) is 11.7. The molecule has 0 radical (unpaired) electrons. The number of rotatable bonds is 2. The van der Waals surface area contributed by atoms with Crippen LogP contribution in [-0.2, 0) is 4.79 Å². The summed E-state index contributed by atoms with van der Waals surface area (Å²) >= 11 is 1.13. The van der Waals surface area contributed by atoms with Crippen LogP contribution in [-0.4, -0.2) is 40.2 Å². The predicted molar refractivity (Wildman–Crippen MR) is 61.1 cm³/mol. The van der Waals surface area contributed by atoms with E-state index in [0.29, 0.717) is 12.2 Å². The maximum atomic E-state index is 11.8. The van der Waals surface area contributed by atoms with E-state index in [2.05, 4.69) is 10.6 Å². The van der Waals surface area contributed by atoms with E-state index in [4.69, 9.17) is 0 Å². The van der Waals surface area contributed by atoms with E-state index in [9.17, 15) is 14.7 Å². The summed E-state index contributed by atoms with van der Waals surface area (Å²) in [6.45, 7) is 3.85. The first-order valence-corrected chi connectivity index (χ1v) is 6.31. The predicted octanol–water partition coefficient (Wildman–Crippen LogP) is 0.0870. The van der Waals surface area contributed by atoms with E-state index in [1.807, 2.05) is 13.8 Å². The van der Waals surface area contributed by atoms with Gasteiger partial charge in [0, 0.05) is 17.2 Å². The van der Waals surface area contributed by atoms with Crippen LogP contribution >= 0.6 is 11.8 Å². The molecule has 0 spiro atoms. The number of hydrogen-bond acceptors (Lipinski definition) is 4. The van der Waals surface area contributed by atoms with Gasteiger partial charge >= 0.3 is 0 Å². The second kappa shape index (κ2) is 3.92. The van der Waals surface area contributed by atoms with E-state index in [-0.39, 0.29) is 28.7 Å². The topological polar surface area (TPSA) is 78.4 Å². The van der Waals surface area contributed by atoms with Gasteiger partial charge in [0.1, 0.15) is 6.04 Å². The molecule has 6 heteroatoms. The number of nitrogens with one attached hydrogen (secondary N) is 2. The number of amides is 2. The molecule has 90 valence electrons. The average molecular weight is 244 g/mol. The summed E-state index contributed by atoms with van der Waals surface area (Å²) in [6, 6.07) is -0.427. The fraction of sp³-hybridized carbons (Fsp3) is 0.800. The molecular formula is C10H16N2O3S. The van der Waals surface area contributed by atoms with Crippen molar-refractivity contribution in [2.75, 3.05) is 5.75 Å². The number of carbonyl (C=O) groups is 2. The molecule has 1 aliphatic carbocycles. The summed E-state index contributed by atoms with van der Waals surface area (Å²) < 4.78 is 0. The number of carbonyl (C=O) groups excluding carboxylic acids is 2.